The van der Waals surface area contributed by atoms with E-state index in [1.807, 2.05) is 25.1 Å². The lowest BCUT2D eigenvalue weighted by Gasteiger charge is -2.13. The predicted octanol–water partition coefficient (Wildman–Crippen LogP) is 1.35. The minimum Gasteiger partial charge on any atom is -0.316 e. The summed E-state index contributed by atoms with van der Waals surface area (Å²) in [7, 11) is -3.23. The van der Waals surface area contributed by atoms with E-state index in [0.717, 1.165) is 25.1 Å². The van der Waals surface area contributed by atoms with Gasteiger partial charge in [0, 0.05) is 0 Å². The fourth-order valence-corrected chi connectivity index (χ4v) is 3.62. The third-order valence-electron chi connectivity index (χ3n) is 3.03. The summed E-state index contributed by atoms with van der Waals surface area (Å²) in [4.78, 5) is 0. The molecule has 0 saturated carbocycles. The highest BCUT2D eigenvalue weighted by Gasteiger charge is 2.22. The summed E-state index contributed by atoms with van der Waals surface area (Å²) in [6, 6.07) is 7.42. The number of hydrogen-bond acceptors (Lipinski definition) is 3. The molecule has 0 spiro atoms. The molecule has 1 unspecified atom stereocenters. The summed E-state index contributed by atoms with van der Waals surface area (Å²) in [5.74, 6) is 0.436. The summed E-state index contributed by atoms with van der Waals surface area (Å²) in [5, 5.41) is 3.18. The first kappa shape index (κ1) is 12.4. The number of hydrogen-bond donors (Lipinski definition) is 2. The van der Waals surface area contributed by atoms with Crippen LogP contribution in [0.1, 0.15) is 12.0 Å². The Balaban J connectivity index is 2.04. The zero-order valence-electron chi connectivity index (χ0n) is 9.94. The van der Waals surface area contributed by atoms with Gasteiger partial charge in [-0.15, -0.1) is 0 Å². The van der Waals surface area contributed by atoms with Crippen LogP contribution in [-0.4, -0.2) is 27.3 Å². The van der Waals surface area contributed by atoms with E-state index in [0.29, 0.717) is 5.69 Å². The Kier molecular flexibility index (Phi) is 3.69. The highest BCUT2D eigenvalue weighted by molar-refractivity contribution is 7.92. The highest BCUT2D eigenvalue weighted by Crippen LogP contribution is 2.17. The van der Waals surface area contributed by atoms with E-state index in [1.165, 1.54) is 0 Å². The Labute approximate surface area is 102 Å². The van der Waals surface area contributed by atoms with Crippen molar-refractivity contribution in [3.8, 4) is 0 Å². The molecule has 1 saturated heterocycles. The van der Waals surface area contributed by atoms with Crippen LogP contribution in [0.3, 0.4) is 0 Å². The Morgan fingerprint density at radius 3 is 2.82 bits per heavy atom. The second kappa shape index (κ2) is 5.06. The van der Waals surface area contributed by atoms with Crippen LogP contribution in [0.15, 0.2) is 24.3 Å². The van der Waals surface area contributed by atoms with Gasteiger partial charge in [-0.3, -0.25) is 4.72 Å². The molecule has 1 aromatic rings. The monoisotopic (exact) mass is 254 g/mol. The molecular weight excluding hydrogens is 236 g/mol. The van der Waals surface area contributed by atoms with Crippen LogP contribution >= 0.6 is 0 Å². The summed E-state index contributed by atoms with van der Waals surface area (Å²) in [5.41, 5.74) is 1.62. The Bertz CT molecular complexity index is 479. The van der Waals surface area contributed by atoms with Crippen molar-refractivity contribution in [2.75, 3.05) is 23.6 Å². The van der Waals surface area contributed by atoms with Crippen molar-refractivity contribution in [1.29, 1.82) is 0 Å². The lowest BCUT2D eigenvalue weighted by Crippen LogP contribution is -2.24. The van der Waals surface area contributed by atoms with Crippen molar-refractivity contribution in [3.05, 3.63) is 29.8 Å². The van der Waals surface area contributed by atoms with Crippen molar-refractivity contribution < 1.29 is 8.42 Å². The van der Waals surface area contributed by atoms with Crippen LogP contribution < -0.4 is 10.0 Å². The van der Waals surface area contributed by atoms with Crippen LogP contribution in [-0.2, 0) is 10.0 Å². The summed E-state index contributed by atoms with van der Waals surface area (Å²) < 4.78 is 26.6. The minimum absolute atomic E-state index is 0.203. The Hall–Kier alpha value is -1.07. The molecule has 1 aromatic carbocycles. The molecule has 2 rings (SSSR count). The number of para-hydroxylation sites is 1. The maximum Gasteiger partial charge on any atom is 0.233 e. The second-order valence-corrected chi connectivity index (χ2v) is 6.32. The average Bonchev–Trinajstić information content (AvgIpc) is 2.73. The predicted molar refractivity (Wildman–Crippen MR) is 69.6 cm³/mol. The lowest BCUT2D eigenvalue weighted by atomic mass is 10.2. The van der Waals surface area contributed by atoms with Gasteiger partial charge in [-0.05, 0) is 44.0 Å². The molecule has 0 radical (unpaired) electrons. The van der Waals surface area contributed by atoms with E-state index < -0.39 is 10.0 Å². The molecule has 1 aliphatic rings. The number of aryl methyl sites for hydroxylation is 1. The molecular formula is C12H18N2O2S. The van der Waals surface area contributed by atoms with E-state index in [9.17, 15) is 8.42 Å². The van der Waals surface area contributed by atoms with Gasteiger partial charge in [-0.2, -0.15) is 0 Å². The van der Waals surface area contributed by atoms with E-state index >= 15 is 0 Å². The first-order valence-corrected chi connectivity index (χ1v) is 7.49. The number of anilines is 1. The maximum absolute atomic E-state index is 12.0. The van der Waals surface area contributed by atoms with Crippen molar-refractivity contribution in [1.82, 2.24) is 5.32 Å². The van der Waals surface area contributed by atoms with Gasteiger partial charge in [-0.1, -0.05) is 18.2 Å². The number of benzene rings is 1. The molecule has 4 nitrogen and oxygen atoms in total. The third-order valence-corrected chi connectivity index (χ3v) is 4.47. The number of sulfonamides is 1. The van der Waals surface area contributed by atoms with Crippen LogP contribution in [0.2, 0.25) is 0 Å². The normalized spacial score (nSPS) is 20.4. The van der Waals surface area contributed by atoms with Gasteiger partial charge in [0.05, 0.1) is 11.4 Å². The van der Waals surface area contributed by atoms with E-state index in [1.54, 1.807) is 6.07 Å². The van der Waals surface area contributed by atoms with Gasteiger partial charge in [-0.25, -0.2) is 8.42 Å². The Morgan fingerprint density at radius 1 is 1.41 bits per heavy atom. The zero-order chi connectivity index (χ0) is 12.3. The van der Waals surface area contributed by atoms with Crippen LogP contribution in [0.4, 0.5) is 5.69 Å². The topological polar surface area (TPSA) is 58.2 Å². The first-order chi connectivity index (χ1) is 8.07. The Morgan fingerprint density at radius 2 is 2.18 bits per heavy atom. The van der Waals surface area contributed by atoms with Crippen LogP contribution in [0.25, 0.3) is 0 Å². The smallest absolute Gasteiger partial charge is 0.233 e. The molecule has 5 heteroatoms. The van der Waals surface area contributed by atoms with Crippen molar-refractivity contribution >= 4 is 15.7 Å². The minimum atomic E-state index is -3.23. The lowest BCUT2D eigenvalue weighted by molar-refractivity contribution is 0.575. The SMILES string of the molecule is Cc1ccccc1NS(=O)(=O)CC1CCNC1. The van der Waals surface area contributed by atoms with Gasteiger partial charge >= 0.3 is 0 Å². The van der Waals surface area contributed by atoms with Gasteiger partial charge in [0.2, 0.25) is 10.0 Å². The summed E-state index contributed by atoms with van der Waals surface area (Å²) >= 11 is 0. The van der Waals surface area contributed by atoms with E-state index in [2.05, 4.69) is 10.0 Å². The zero-order valence-corrected chi connectivity index (χ0v) is 10.8. The molecule has 0 bridgehead atoms. The van der Waals surface area contributed by atoms with Crippen molar-refractivity contribution in [2.24, 2.45) is 5.92 Å². The van der Waals surface area contributed by atoms with Gasteiger partial charge < -0.3 is 5.32 Å². The quantitative estimate of drug-likeness (QED) is 0.852. The van der Waals surface area contributed by atoms with Crippen LogP contribution in [0.5, 0.6) is 0 Å². The largest absolute Gasteiger partial charge is 0.316 e. The van der Waals surface area contributed by atoms with Crippen molar-refractivity contribution in [2.45, 2.75) is 13.3 Å². The molecule has 0 amide bonds. The molecule has 0 aromatic heterocycles. The second-order valence-electron chi connectivity index (χ2n) is 4.56. The van der Waals surface area contributed by atoms with Crippen molar-refractivity contribution in [3.63, 3.8) is 0 Å². The van der Waals surface area contributed by atoms with Crippen LogP contribution in [0, 0.1) is 12.8 Å². The fourth-order valence-electron chi connectivity index (χ4n) is 2.06. The van der Waals surface area contributed by atoms with E-state index in [-0.39, 0.29) is 11.7 Å². The molecule has 1 fully saturated rings. The first-order valence-electron chi connectivity index (χ1n) is 5.84. The molecule has 17 heavy (non-hydrogen) atoms. The maximum atomic E-state index is 12.0. The highest BCUT2D eigenvalue weighted by atomic mass is 32.2. The number of rotatable bonds is 4. The van der Waals surface area contributed by atoms with Gasteiger partial charge in [0.15, 0.2) is 0 Å². The molecule has 1 atom stereocenters. The molecule has 0 aliphatic carbocycles. The molecule has 2 N–H and O–H groups in total. The molecule has 94 valence electrons. The fraction of sp³-hybridized carbons (Fsp3) is 0.500. The summed E-state index contributed by atoms with van der Waals surface area (Å²) in [6.07, 6.45) is 0.939. The van der Waals surface area contributed by atoms with E-state index in [4.69, 9.17) is 0 Å². The summed E-state index contributed by atoms with van der Waals surface area (Å²) in [6.45, 7) is 3.62. The molecule has 1 aliphatic heterocycles. The van der Waals surface area contributed by atoms with Gasteiger partial charge in [0.25, 0.3) is 0 Å². The standard InChI is InChI=1S/C12H18N2O2S/c1-10-4-2-3-5-12(10)14-17(15,16)9-11-6-7-13-8-11/h2-5,11,13-14H,6-9H2,1H3. The molecule has 1 heterocycles. The van der Waals surface area contributed by atoms with Gasteiger partial charge in [0.1, 0.15) is 0 Å². The average molecular weight is 254 g/mol. The number of nitrogens with one attached hydrogen (secondary N) is 2. The third kappa shape index (κ3) is 3.44.